The smallest absolute Gasteiger partial charge is 0.271 e. The van der Waals surface area contributed by atoms with Crippen LogP contribution >= 0.6 is 34.6 Å². The highest BCUT2D eigenvalue weighted by molar-refractivity contribution is 8.01. The second-order valence-corrected chi connectivity index (χ2v) is 8.11. The topological polar surface area (TPSA) is 153 Å². The van der Waals surface area contributed by atoms with Gasteiger partial charge in [0.25, 0.3) is 11.6 Å². The molecule has 0 bridgehead atoms. The molecule has 0 atom stereocenters. The molecule has 0 saturated carbocycles. The van der Waals surface area contributed by atoms with Gasteiger partial charge in [-0.2, -0.15) is 0 Å². The molecule has 0 fully saturated rings. The van der Waals surface area contributed by atoms with Crippen molar-refractivity contribution < 1.29 is 14.5 Å². The van der Waals surface area contributed by atoms with E-state index in [1.165, 1.54) is 24.3 Å². The van der Waals surface area contributed by atoms with Gasteiger partial charge in [-0.05, 0) is 30.6 Å². The molecule has 28 heavy (non-hydrogen) atoms. The fourth-order valence-electron chi connectivity index (χ4n) is 1.90. The molecule has 3 aromatic rings. The number of hydrogen-bond donors (Lipinski definition) is 2. The summed E-state index contributed by atoms with van der Waals surface area (Å²) in [5.74, 6) is -0.598. The van der Waals surface area contributed by atoms with Crippen LogP contribution in [0.1, 0.15) is 15.4 Å². The number of benzene rings is 1. The van der Waals surface area contributed by atoms with E-state index in [0.717, 1.165) is 34.6 Å². The van der Waals surface area contributed by atoms with Crippen LogP contribution in [-0.4, -0.2) is 42.3 Å². The Morgan fingerprint density at radius 2 is 1.93 bits per heavy atom. The number of nitrogens with one attached hydrogen (secondary N) is 2. The molecule has 11 nitrogen and oxygen atoms in total. The Kier molecular flexibility index (Phi) is 6.23. The van der Waals surface area contributed by atoms with Crippen LogP contribution in [0.25, 0.3) is 0 Å². The van der Waals surface area contributed by atoms with Gasteiger partial charge in [0.1, 0.15) is 4.88 Å². The molecule has 3 rings (SSSR count). The normalized spacial score (nSPS) is 10.5. The molecule has 2 aromatic heterocycles. The van der Waals surface area contributed by atoms with Crippen LogP contribution in [0.3, 0.4) is 0 Å². The molecular weight excluding hydrogens is 426 g/mol. The molecule has 0 aliphatic carbocycles. The number of anilines is 2. The molecule has 14 heteroatoms. The molecule has 0 radical (unpaired) electrons. The van der Waals surface area contributed by atoms with Gasteiger partial charge in [-0.15, -0.1) is 15.3 Å². The molecule has 0 unspecified atom stereocenters. The monoisotopic (exact) mass is 437 g/mol. The first-order chi connectivity index (χ1) is 13.4. The molecule has 2 heterocycles. The lowest BCUT2D eigenvalue weighted by molar-refractivity contribution is -0.384. The van der Waals surface area contributed by atoms with E-state index in [4.69, 9.17) is 0 Å². The second kappa shape index (κ2) is 8.81. The van der Waals surface area contributed by atoms with Gasteiger partial charge >= 0.3 is 0 Å². The molecule has 0 aliphatic rings. The summed E-state index contributed by atoms with van der Waals surface area (Å²) in [6, 6.07) is 5.52. The number of aromatic nitrogens is 4. The van der Waals surface area contributed by atoms with E-state index in [9.17, 15) is 19.7 Å². The van der Waals surface area contributed by atoms with Crippen molar-refractivity contribution in [1.29, 1.82) is 0 Å². The first-order valence-corrected chi connectivity index (χ1v) is 10.1. The number of nitro benzene ring substituents is 1. The Morgan fingerprint density at radius 1 is 1.18 bits per heavy atom. The number of nitro groups is 1. The van der Waals surface area contributed by atoms with Crippen LogP contribution < -0.4 is 10.6 Å². The van der Waals surface area contributed by atoms with Crippen LogP contribution in [0.4, 0.5) is 16.5 Å². The van der Waals surface area contributed by atoms with Gasteiger partial charge in [0.2, 0.25) is 11.0 Å². The van der Waals surface area contributed by atoms with E-state index in [1.54, 1.807) is 6.92 Å². The lowest BCUT2D eigenvalue weighted by Crippen LogP contribution is -2.13. The van der Waals surface area contributed by atoms with Gasteiger partial charge in [0, 0.05) is 17.8 Å². The average Bonchev–Trinajstić information content (AvgIpc) is 3.29. The lowest BCUT2D eigenvalue weighted by Gasteiger charge is -2.03. The number of rotatable bonds is 7. The molecule has 0 aliphatic heterocycles. The number of carbonyl (C=O) groups is 2. The maximum Gasteiger partial charge on any atom is 0.271 e. The standard InChI is InChI=1S/C14H11N7O4S3/c1-7-11(28-20-17-7)12(23)16-13-18-19-14(27-13)26-6-10(22)15-8-2-4-9(5-3-8)21(24)25/h2-5H,6H2,1H3,(H,15,22)(H,16,18,23). The number of hydrogen-bond acceptors (Lipinski definition) is 11. The van der Waals surface area contributed by atoms with Gasteiger partial charge in [0.05, 0.1) is 16.4 Å². The number of non-ortho nitro benzene ring substituents is 1. The first kappa shape index (κ1) is 19.8. The molecule has 144 valence electrons. The fraction of sp³-hybridized carbons (Fsp3) is 0.143. The number of thioether (sulfide) groups is 1. The quantitative estimate of drug-likeness (QED) is 0.246. The predicted octanol–water partition coefficient (Wildman–Crippen LogP) is 2.59. The number of carbonyl (C=O) groups excluding carboxylic acids is 2. The van der Waals surface area contributed by atoms with E-state index in [-0.39, 0.29) is 23.3 Å². The Labute approximate surface area is 169 Å². The molecule has 2 amide bonds. The number of nitrogens with zero attached hydrogens (tertiary/aromatic N) is 5. The van der Waals surface area contributed by atoms with Crippen molar-refractivity contribution >= 4 is 63.0 Å². The summed E-state index contributed by atoms with van der Waals surface area (Å²) in [7, 11) is 0. The summed E-state index contributed by atoms with van der Waals surface area (Å²) in [6.45, 7) is 1.68. The highest BCUT2D eigenvalue weighted by Gasteiger charge is 2.16. The minimum Gasteiger partial charge on any atom is -0.325 e. The maximum absolute atomic E-state index is 12.1. The highest BCUT2D eigenvalue weighted by Crippen LogP contribution is 2.26. The minimum atomic E-state index is -0.514. The molecular formula is C14H11N7O4S3. The van der Waals surface area contributed by atoms with Crippen molar-refractivity contribution in [2.45, 2.75) is 11.3 Å². The van der Waals surface area contributed by atoms with Crippen molar-refractivity contribution in [3.05, 3.63) is 45.0 Å². The fourth-order valence-corrected chi connectivity index (χ4v) is 4.00. The van der Waals surface area contributed by atoms with Crippen molar-refractivity contribution in [2.24, 2.45) is 0 Å². The highest BCUT2D eigenvalue weighted by atomic mass is 32.2. The van der Waals surface area contributed by atoms with Gasteiger partial charge in [-0.1, -0.05) is 27.6 Å². The SMILES string of the molecule is Cc1nnsc1C(=O)Nc1nnc(SCC(=O)Nc2ccc([N+](=O)[O-])cc2)s1. The van der Waals surface area contributed by atoms with Gasteiger partial charge in [0.15, 0.2) is 4.34 Å². The van der Waals surface area contributed by atoms with Gasteiger partial charge in [-0.25, -0.2) is 0 Å². The van der Waals surface area contributed by atoms with Crippen LogP contribution in [0, 0.1) is 17.0 Å². The summed E-state index contributed by atoms with van der Waals surface area (Å²) >= 11 is 3.28. The number of amides is 2. The second-order valence-electron chi connectivity index (χ2n) is 5.16. The molecule has 2 N–H and O–H groups in total. The Bertz CT molecular complexity index is 1020. The van der Waals surface area contributed by atoms with Crippen LogP contribution in [0.2, 0.25) is 0 Å². The van der Waals surface area contributed by atoms with Crippen molar-refractivity contribution in [2.75, 3.05) is 16.4 Å². The van der Waals surface area contributed by atoms with Crippen molar-refractivity contribution in [3.8, 4) is 0 Å². The predicted molar refractivity (Wildman–Crippen MR) is 105 cm³/mol. The lowest BCUT2D eigenvalue weighted by atomic mass is 10.3. The van der Waals surface area contributed by atoms with Gasteiger partial charge in [-0.3, -0.25) is 25.0 Å². The van der Waals surface area contributed by atoms with Crippen molar-refractivity contribution in [3.63, 3.8) is 0 Å². The average molecular weight is 437 g/mol. The number of aryl methyl sites for hydroxylation is 1. The summed E-state index contributed by atoms with van der Waals surface area (Å²) in [5, 5.41) is 27.7. The van der Waals surface area contributed by atoms with E-state index < -0.39 is 4.92 Å². The van der Waals surface area contributed by atoms with Crippen LogP contribution in [0.15, 0.2) is 28.6 Å². The summed E-state index contributed by atoms with van der Waals surface area (Å²) in [4.78, 5) is 34.6. The Morgan fingerprint density at radius 3 is 2.57 bits per heavy atom. The third-order valence-electron chi connectivity index (χ3n) is 3.17. The maximum atomic E-state index is 12.1. The largest absolute Gasteiger partial charge is 0.325 e. The molecule has 0 spiro atoms. The Hall–Kier alpha value is -2.97. The zero-order valence-electron chi connectivity index (χ0n) is 14.1. The first-order valence-electron chi connectivity index (χ1n) is 7.53. The Balaban J connectivity index is 1.49. The van der Waals surface area contributed by atoms with E-state index in [1.807, 2.05) is 0 Å². The zero-order chi connectivity index (χ0) is 20.1. The third kappa shape index (κ3) is 5.05. The zero-order valence-corrected chi connectivity index (χ0v) is 16.6. The summed E-state index contributed by atoms with van der Waals surface area (Å²) in [6.07, 6.45) is 0. The van der Waals surface area contributed by atoms with Crippen LogP contribution in [0.5, 0.6) is 0 Å². The molecule has 1 aromatic carbocycles. The van der Waals surface area contributed by atoms with E-state index >= 15 is 0 Å². The van der Waals surface area contributed by atoms with Gasteiger partial charge < -0.3 is 5.32 Å². The molecule has 0 saturated heterocycles. The summed E-state index contributed by atoms with van der Waals surface area (Å²) in [5.41, 5.74) is 0.930. The van der Waals surface area contributed by atoms with E-state index in [0.29, 0.717) is 25.7 Å². The summed E-state index contributed by atoms with van der Waals surface area (Å²) < 4.78 is 4.21. The van der Waals surface area contributed by atoms with E-state index in [2.05, 4.69) is 30.4 Å². The minimum absolute atomic E-state index is 0.0554. The van der Waals surface area contributed by atoms with Crippen LogP contribution in [-0.2, 0) is 4.79 Å². The van der Waals surface area contributed by atoms with Crippen molar-refractivity contribution in [1.82, 2.24) is 19.8 Å². The third-order valence-corrected chi connectivity index (χ3v) is 5.97.